The van der Waals surface area contributed by atoms with Crippen molar-refractivity contribution in [3.05, 3.63) is 68.4 Å². The molecule has 0 aromatic carbocycles. The van der Waals surface area contributed by atoms with Crippen LogP contribution in [0.5, 0.6) is 0 Å². The second-order valence-electron chi connectivity index (χ2n) is 4.66. The first-order chi connectivity index (χ1) is 10.7. The number of ketones is 1. The maximum atomic E-state index is 12.1. The van der Waals surface area contributed by atoms with E-state index in [0.717, 1.165) is 10.4 Å². The van der Waals surface area contributed by atoms with E-state index in [9.17, 15) is 9.59 Å². The van der Waals surface area contributed by atoms with E-state index in [1.54, 1.807) is 29.5 Å². The smallest absolute Gasteiger partial charge is 0.238 e. The Kier molecular flexibility index (Phi) is 4.50. The van der Waals surface area contributed by atoms with E-state index in [-0.39, 0.29) is 11.7 Å². The van der Waals surface area contributed by atoms with Gasteiger partial charge in [0.05, 0.1) is 24.1 Å². The van der Waals surface area contributed by atoms with Crippen molar-refractivity contribution in [2.45, 2.75) is 13.0 Å². The van der Waals surface area contributed by atoms with Crippen molar-refractivity contribution >= 4 is 34.4 Å². The Hall–Kier alpha value is -2.18. The van der Waals surface area contributed by atoms with Gasteiger partial charge in [-0.3, -0.25) is 9.59 Å². The Balaban J connectivity index is 1.55. The van der Waals surface area contributed by atoms with Crippen LogP contribution in [0.1, 0.15) is 25.9 Å². The standard InChI is InChI=1S/C16H13NO3S2/c18-15(8-11-5-7-21-10-11)17-9-12-3-4-14(22-12)16(19)13-2-1-6-20-13/h1-7,10H,8-9H2,(H,17,18). The summed E-state index contributed by atoms with van der Waals surface area (Å²) in [6.45, 7) is 0.430. The van der Waals surface area contributed by atoms with Crippen molar-refractivity contribution in [3.63, 3.8) is 0 Å². The number of hydrogen-bond acceptors (Lipinski definition) is 5. The fourth-order valence-electron chi connectivity index (χ4n) is 1.95. The lowest BCUT2D eigenvalue weighted by Crippen LogP contribution is -2.23. The minimum absolute atomic E-state index is 0.0225. The summed E-state index contributed by atoms with van der Waals surface area (Å²) in [4.78, 5) is 25.5. The zero-order chi connectivity index (χ0) is 15.4. The van der Waals surface area contributed by atoms with Crippen LogP contribution in [0, 0.1) is 0 Å². The monoisotopic (exact) mass is 331 g/mol. The first-order valence-corrected chi connectivity index (χ1v) is 8.43. The number of thiophene rings is 2. The molecule has 0 aliphatic rings. The molecule has 0 spiro atoms. The number of hydrogen-bond donors (Lipinski definition) is 1. The predicted molar refractivity (Wildman–Crippen MR) is 86.3 cm³/mol. The van der Waals surface area contributed by atoms with Gasteiger partial charge in [0, 0.05) is 4.88 Å². The second kappa shape index (κ2) is 6.72. The van der Waals surface area contributed by atoms with Crippen molar-refractivity contribution in [2.24, 2.45) is 0 Å². The zero-order valence-corrected chi connectivity index (χ0v) is 13.2. The van der Waals surface area contributed by atoms with E-state index in [4.69, 9.17) is 4.42 Å². The van der Waals surface area contributed by atoms with Crippen LogP contribution in [-0.4, -0.2) is 11.7 Å². The van der Waals surface area contributed by atoms with Gasteiger partial charge in [0.15, 0.2) is 5.76 Å². The first kappa shape index (κ1) is 14.7. The molecule has 0 saturated heterocycles. The predicted octanol–water partition coefficient (Wildman–Crippen LogP) is 3.49. The summed E-state index contributed by atoms with van der Waals surface area (Å²) in [5.74, 6) is 0.173. The van der Waals surface area contributed by atoms with Crippen LogP contribution in [0.25, 0.3) is 0 Å². The number of rotatable bonds is 6. The molecule has 112 valence electrons. The molecule has 0 fully saturated rings. The Morgan fingerprint density at radius 3 is 2.82 bits per heavy atom. The first-order valence-electron chi connectivity index (χ1n) is 6.67. The van der Waals surface area contributed by atoms with Gasteiger partial charge >= 0.3 is 0 Å². The number of carbonyl (C=O) groups excluding carboxylic acids is 2. The third kappa shape index (κ3) is 3.52. The second-order valence-corrected chi connectivity index (χ2v) is 6.61. The molecule has 0 radical (unpaired) electrons. The Morgan fingerprint density at radius 1 is 1.18 bits per heavy atom. The van der Waals surface area contributed by atoms with E-state index < -0.39 is 0 Å². The Labute approximate surface area is 135 Å². The summed E-state index contributed by atoms with van der Waals surface area (Å²) in [7, 11) is 0. The summed E-state index contributed by atoms with van der Waals surface area (Å²) in [6.07, 6.45) is 1.86. The Morgan fingerprint density at radius 2 is 2.09 bits per heavy atom. The van der Waals surface area contributed by atoms with Gasteiger partial charge in [0.25, 0.3) is 0 Å². The molecule has 6 heteroatoms. The lowest BCUT2D eigenvalue weighted by molar-refractivity contribution is -0.120. The lowest BCUT2D eigenvalue weighted by atomic mass is 10.2. The van der Waals surface area contributed by atoms with Crippen LogP contribution in [-0.2, 0) is 17.8 Å². The summed E-state index contributed by atoms with van der Waals surface area (Å²) in [6, 6.07) is 8.88. The highest BCUT2D eigenvalue weighted by Crippen LogP contribution is 2.20. The van der Waals surface area contributed by atoms with Gasteiger partial charge in [-0.25, -0.2) is 0 Å². The fourth-order valence-corrected chi connectivity index (χ4v) is 3.51. The highest BCUT2D eigenvalue weighted by Gasteiger charge is 2.14. The van der Waals surface area contributed by atoms with E-state index in [0.29, 0.717) is 23.6 Å². The molecule has 0 atom stereocenters. The number of furan rings is 1. The van der Waals surface area contributed by atoms with Crippen molar-refractivity contribution in [1.82, 2.24) is 5.32 Å². The van der Waals surface area contributed by atoms with Gasteiger partial charge in [-0.1, -0.05) is 0 Å². The van der Waals surface area contributed by atoms with Gasteiger partial charge in [0.1, 0.15) is 0 Å². The molecule has 3 aromatic rings. The van der Waals surface area contributed by atoms with E-state index in [1.807, 2.05) is 22.9 Å². The molecule has 1 N–H and O–H groups in total. The highest BCUT2D eigenvalue weighted by atomic mass is 32.1. The van der Waals surface area contributed by atoms with Crippen LogP contribution in [0.4, 0.5) is 0 Å². The molecule has 3 aromatic heterocycles. The topological polar surface area (TPSA) is 59.3 Å². The maximum absolute atomic E-state index is 12.1. The number of amides is 1. The maximum Gasteiger partial charge on any atom is 0.238 e. The molecule has 4 nitrogen and oxygen atoms in total. The normalized spacial score (nSPS) is 10.5. The quantitative estimate of drug-likeness (QED) is 0.703. The molecular weight excluding hydrogens is 318 g/mol. The minimum atomic E-state index is -0.133. The van der Waals surface area contributed by atoms with Gasteiger partial charge in [0.2, 0.25) is 11.7 Å². The molecule has 22 heavy (non-hydrogen) atoms. The minimum Gasteiger partial charge on any atom is -0.461 e. The molecule has 1 amide bonds. The van der Waals surface area contributed by atoms with Gasteiger partial charge in [-0.15, -0.1) is 11.3 Å². The Bertz CT molecular complexity index is 757. The molecule has 3 heterocycles. The van der Waals surface area contributed by atoms with E-state index in [2.05, 4.69) is 5.32 Å². The molecule has 0 bridgehead atoms. The lowest BCUT2D eigenvalue weighted by Gasteiger charge is -2.02. The van der Waals surface area contributed by atoms with Gasteiger partial charge in [-0.05, 0) is 46.7 Å². The summed E-state index contributed by atoms with van der Waals surface area (Å²) >= 11 is 2.94. The highest BCUT2D eigenvalue weighted by molar-refractivity contribution is 7.14. The summed E-state index contributed by atoms with van der Waals surface area (Å²) in [5, 5.41) is 6.78. The number of nitrogens with one attached hydrogen (secondary N) is 1. The van der Waals surface area contributed by atoms with E-state index >= 15 is 0 Å². The van der Waals surface area contributed by atoms with Crippen LogP contribution in [0.3, 0.4) is 0 Å². The molecular formula is C16H13NO3S2. The molecule has 3 rings (SSSR count). The fraction of sp³-hybridized carbons (Fsp3) is 0.125. The largest absolute Gasteiger partial charge is 0.461 e. The summed E-state index contributed by atoms with van der Waals surface area (Å²) < 4.78 is 5.10. The zero-order valence-electron chi connectivity index (χ0n) is 11.6. The van der Waals surface area contributed by atoms with Crippen molar-refractivity contribution in [2.75, 3.05) is 0 Å². The average Bonchev–Trinajstić information content (AvgIpc) is 3.26. The van der Waals surface area contributed by atoms with Crippen molar-refractivity contribution in [1.29, 1.82) is 0 Å². The van der Waals surface area contributed by atoms with Crippen LogP contribution < -0.4 is 5.32 Å². The third-order valence-corrected chi connectivity index (χ3v) is 4.85. The summed E-state index contributed by atoms with van der Waals surface area (Å²) in [5.41, 5.74) is 1.02. The molecule has 0 unspecified atom stereocenters. The van der Waals surface area contributed by atoms with Crippen LogP contribution in [0.2, 0.25) is 0 Å². The van der Waals surface area contributed by atoms with E-state index in [1.165, 1.54) is 17.6 Å². The van der Waals surface area contributed by atoms with Crippen LogP contribution >= 0.6 is 22.7 Å². The number of carbonyl (C=O) groups is 2. The van der Waals surface area contributed by atoms with Gasteiger partial charge < -0.3 is 9.73 Å². The van der Waals surface area contributed by atoms with Gasteiger partial charge in [-0.2, -0.15) is 11.3 Å². The molecule has 0 aliphatic heterocycles. The average molecular weight is 331 g/mol. The van der Waals surface area contributed by atoms with Crippen LogP contribution in [0.15, 0.2) is 51.8 Å². The van der Waals surface area contributed by atoms with Crippen molar-refractivity contribution in [3.8, 4) is 0 Å². The molecule has 0 saturated carbocycles. The SMILES string of the molecule is O=C(Cc1ccsc1)NCc1ccc(C(=O)c2ccco2)s1. The molecule has 0 aliphatic carbocycles. The van der Waals surface area contributed by atoms with Crippen molar-refractivity contribution < 1.29 is 14.0 Å². The third-order valence-electron chi connectivity index (χ3n) is 3.03.